The lowest BCUT2D eigenvalue weighted by Crippen LogP contribution is -1.91. The van der Waals surface area contributed by atoms with Gasteiger partial charge in [0.2, 0.25) is 0 Å². The third-order valence-electron chi connectivity index (χ3n) is 4.02. The van der Waals surface area contributed by atoms with E-state index in [-0.39, 0.29) is 5.78 Å². The van der Waals surface area contributed by atoms with Crippen molar-refractivity contribution in [3.05, 3.63) is 66.0 Å². The van der Waals surface area contributed by atoms with Gasteiger partial charge in [0.05, 0.1) is 0 Å². The Bertz CT molecular complexity index is 830. The summed E-state index contributed by atoms with van der Waals surface area (Å²) in [5.74, 6) is 0.270. The van der Waals surface area contributed by atoms with Crippen LogP contribution in [0.15, 0.2) is 54.9 Å². The molecule has 2 nitrogen and oxygen atoms in total. The van der Waals surface area contributed by atoms with Crippen LogP contribution in [0.25, 0.3) is 21.9 Å². The van der Waals surface area contributed by atoms with Crippen LogP contribution < -0.4 is 0 Å². The maximum Gasteiger partial charge on any atom is 0.163 e. The van der Waals surface area contributed by atoms with Crippen LogP contribution in [0.1, 0.15) is 22.3 Å². The average Bonchev–Trinajstić information content (AvgIpc) is 2.87. The summed E-state index contributed by atoms with van der Waals surface area (Å²) in [5, 5.41) is 2.34. The first-order valence-electron chi connectivity index (χ1n) is 6.82. The number of hydrogen-bond donors (Lipinski definition) is 0. The zero-order valence-electron chi connectivity index (χ0n) is 11.0. The van der Waals surface area contributed by atoms with Gasteiger partial charge in [0.25, 0.3) is 0 Å². The average molecular weight is 259 g/mol. The van der Waals surface area contributed by atoms with Gasteiger partial charge in [-0.3, -0.25) is 9.78 Å². The molecule has 0 aliphatic heterocycles. The van der Waals surface area contributed by atoms with Crippen LogP contribution in [-0.2, 0) is 6.42 Å². The lowest BCUT2D eigenvalue weighted by Gasteiger charge is -2.08. The number of rotatable bonds is 1. The van der Waals surface area contributed by atoms with Gasteiger partial charge in [-0.15, -0.1) is 0 Å². The van der Waals surface area contributed by atoms with E-state index in [1.165, 1.54) is 16.5 Å². The van der Waals surface area contributed by atoms with E-state index in [9.17, 15) is 4.79 Å². The summed E-state index contributed by atoms with van der Waals surface area (Å²) in [5.41, 5.74) is 4.41. The molecule has 1 heterocycles. The summed E-state index contributed by atoms with van der Waals surface area (Å²) >= 11 is 0. The number of ketones is 1. The molecule has 0 bridgehead atoms. The molecule has 1 aliphatic carbocycles. The highest BCUT2D eigenvalue weighted by Crippen LogP contribution is 2.31. The molecule has 0 fully saturated rings. The van der Waals surface area contributed by atoms with Crippen LogP contribution in [0, 0.1) is 0 Å². The largest absolute Gasteiger partial charge is 0.294 e. The highest BCUT2D eigenvalue weighted by Gasteiger charge is 2.19. The number of fused-ring (bicyclic) bond motifs is 2. The van der Waals surface area contributed by atoms with Gasteiger partial charge in [-0.25, -0.2) is 0 Å². The smallest absolute Gasteiger partial charge is 0.163 e. The van der Waals surface area contributed by atoms with E-state index in [2.05, 4.69) is 29.2 Å². The number of nitrogens with zero attached hydrogens (tertiary/aromatic N) is 1. The molecule has 0 spiro atoms. The Balaban J connectivity index is 1.94. The van der Waals surface area contributed by atoms with E-state index in [0.29, 0.717) is 6.42 Å². The molecule has 0 saturated heterocycles. The maximum atomic E-state index is 11.7. The summed E-state index contributed by atoms with van der Waals surface area (Å²) in [6, 6.07) is 14.5. The summed E-state index contributed by atoms with van der Waals surface area (Å²) in [4.78, 5) is 15.9. The van der Waals surface area contributed by atoms with E-state index in [1.807, 2.05) is 30.6 Å². The van der Waals surface area contributed by atoms with E-state index in [4.69, 9.17) is 0 Å². The Morgan fingerprint density at radius 1 is 0.950 bits per heavy atom. The molecule has 0 amide bonds. The molecule has 0 atom stereocenters. The number of aromatic nitrogens is 1. The van der Waals surface area contributed by atoms with Crippen molar-refractivity contribution in [3.8, 4) is 11.1 Å². The van der Waals surface area contributed by atoms with Crippen molar-refractivity contribution in [2.24, 2.45) is 0 Å². The van der Waals surface area contributed by atoms with Crippen LogP contribution in [0.3, 0.4) is 0 Å². The predicted molar refractivity (Wildman–Crippen MR) is 79.8 cm³/mol. The fourth-order valence-electron chi connectivity index (χ4n) is 2.99. The number of hydrogen-bond acceptors (Lipinski definition) is 2. The van der Waals surface area contributed by atoms with Crippen molar-refractivity contribution in [2.45, 2.75) is 12.8 Å². The Hall–Kier alpha value is -2.48. The number of pyridine rings is 1. The van der Waals surface area contributed by atoms with E-state index >= 15 is 0 Å². The zero-order chi connectivity index (χ0) is 13.5. The first kappa shape index (κ1) is 11.4. The Kier molecular flexibility index (Phi) is 2.43. The van der Waals surface area contributed by atoms with Crippen LogP contribution in [0.5, 0.6) is 0 Å². The highest BCUT2D eigenvalue weighted by atomic mass is 16.1. The topological polar surface area (TPSA) is 30.0 Å². The van der Waals surface area contributed by atoms with E-state index in [1.54, 1.807) is 0 Å². The fraction of sp³-hybridized carbons (Fsp3) is 0.111. The summed E-state index contributed by atoms with van der Waals surface area (Å²) in [6.07, 6.45) is 5.23. The van der Waals surface area contributed by atoms with Crippen LogP contribution in [-0.4, -0.2) is 10.8 Å². The minimum Gasteiger partial charge on any atom is -0.294 e. The van der Waals surface area contributed by atoms with Gasteiger partial charge in [-0.1, -0.05) is 36.4 Å². The van der Waals surface area contributed by atoms with Gasteiger partial charge < -0.3 is 0 Å². The normalized spacial score (nSPS) is 13.7. The van der Waals surface area contributed by atoms with Gasteiger partial charge in [0.1, 0.15) is 0 Å². The van der Waals surface area contributed by atoms with Gasteiger partial charge in [-0.05, 0) is 34.6 Å². The molecule has 3 aromatic rings. The molecule has 0 saturated carbocycles. The lowest BCUT2D eigenvalue weighted by molar-refractivity contribution is 0.0994. The molecular formula is C18H13NO. The van der Waals surface area contributed by atoms with Gasteiger partial charge in [0.15, 0.2) is 5.78 Å². The molecule has 0 N–H and O–H groups in total. The van der Waals surface area contributed by atoms with Crippen LogP contribution in [0.4, 0.5) is 0 Å². The minimum absolute atomic E-state index is 0.270. The van der Waals surface area contributed by atoms with Crippen molar-refractivity contribution < 1.29 is 4.79 Å². The number of Topliss-reactive ketones (excluding diaryl/α,β-unsaturated/α-hetero) is 1. The van der Waals surface area contributed by atoms with Crippen molar-refractivity contribution in [1.82, 2.24) is 4.98 Å². The molecule has 20 heavy (non-hydrogen) atoms. The molecule has 0 unspecified atom stereocenters. The number of aryl methyl sites for hydroxylation is 1. The minimum atomic E-state index is 0.270. The van der Waals surface area contributed by atoms with Crippen molar-refractivity contribution >= 4 is 16.6 Å². The molecule has 1 aliphatic rings. The number of benzene rings is 2. The molecule has 2 aromatic carbocycles. The second kappa shape index (κ2) is 4.27. The molecule has 4 rings (SSSR count). The zero-order valence-corrected chi connectivity index (χ0v) is 11.0. The van der Waals surface area contributed by atoms with Gasteiger partial charge in [0, 0.05) is 29.8 Å². The molecule has 96 valence electrons. The number of carbonyl (C=O) groups excluding carboxylic acids is 1. The first-order chi connectivity index (χ1) is 9.83. The second-order valence-electron chi connectivity index (χ2n) is 5.20. The SMILES string of the molecule is O=C1CCc2cc(-c3cccc4ccncc34)ccc21. The predicted octanol–water partition coefficient (Wildman–Crippen LogP) is 4.03. The fourth-order valence-corrected chi connectivity index (χ4v) is 2.99. The van der Waals surface area contributed by atoms with Crippen molar-refractivity contribution in [2.75, 3.05) is 0 Å². The van der Waals surface area contributed by atoms with Crippen LogP contribution in [0.2, 0.25) is 0 Å². The highest BCUT2D eigenvalue weighted by molar-refractivity contribution is 6.02. The number of carbonyl (C=O) groups is 1. The van der Waals surface area contributed by atoms with E-state index < -0.39 is 0 Å². The van der Waals surface area contributed by atoms with Crippen molar-refractivity contribution in [1.29, 1.82) is 0 Å². The van der Waals surface area contributed by atoms with E-state index in [0.717, 1.165) is 22.9 Å². The Morgan fingerprint density at radius 2 is 1.90 bits per heavy atom. The Morgan fingerprint density at radius 3 is 2.85 bits per heavy atom. The van der Waals surface area contributed by atoms with Crippen LogP contribution >= 0.6 is 0 Å². The lowest BCUT2D eigenvalue weighted by atomic mass is 9.97. The third-order valence-corrected chi connectivity index (χ3v) is 4.02. The maximum absolute atomic E-state index is 11.7. The summed E-state index contributed by atoms with van der Waals surface area (Å²) in [7, 11) is 0. The van der Waals surface area contributed by atoms with Crippen molar-refractivity contribution in [3.63, 3.8) is 0 Å². The third kappa shape index (κ3) is 1.65. The Labute approximate surface area is 117 Å². The summed E-state index contributed by atoms with van der Waals surface area (Å²) in [6.45, 7) is 0. The standard InChI is InChI=1S/C18H13NO/c20-18-7-5-14-10-13(4-6-16(14)18)15-3-1-2-12-8-9-19-11-17(12)15/h1-4,6,8-11H,5,7H2. The summed E-state index contributed by atoms with van der Waals surface area (Å²) < 4.78 is 0. The van der Waals surface area contributed by atoms with Gasteiger partial charge in [-0.2, -0.15) is 0 Å². The quantitative estimate of drug-likeness (QED) is 0.660. The van der Waals surface area contributed by atoms with Gasteiger partial charge >= 0.3 is 0 Å². The molecule has 0 radical (unpaired) electrons. The first-order valence-corrected chi connectivity index (χ1v) is 6.82. The second-order valence-corrected chi connectivity index (χ2v) is 5.20. The molecule has 2 heteroatoms. The monoisotopic (exact) mass is 259 g/mol. The molecular weight excluding hydrogens is 246 g/mol. The molecule has 1 aromatic heterocycles.